The van der Waals surface area contributed by atoms with Gasteiger partial charge in [-0.2, -0.15) is 0 Å². The first-order valence-corrected chi connectivity index (χ1v) is 4.65. The molecule has 3 nitrogen and oxygen atoms in total. The van der Waals surface area contributed by atoms with E-state index in [2.05, 4.69) is 15.9 Å². The lowest BCUT2D eigenvalue weighted by Gasteiger charge is -2.14. The summed E-state index contributed by atoms with van der Waals surface area (Å²) in [6, 6.07) is 2.12. The standard InChI is InChI=1S/C10H14BrNO2/c1-6(12)7-4-10(14-3)8(11)5-9(7)13-2/h4-6H,12H2,1-3H3/i2D3,3D3. The summed E-state index contributed by atoms with van der Waals surface area (Å²) in [6.45, 7) is 1.62. The maximum absolute atomic E-state index is 7.11. The number of ether oxygens (including phenoxy) is 2. The monoisotopic (exact) mass is 265 g/mol. The zero-order valence-corrected chi connectivity index (χ0v) is 9.09. The van der Waals surface area contributed by atoms with Crippen LogP contribution in [0.3, 0.4) is 0 Å². The quantitative estimate of drug-likeness (QED) is 0.914. The lowest BCUT2D eigenvalue weighted by atomic mass is 10.1. The van der Waals surface area contributed by atoms with Crippen LogP contribution in [0, 0.1) is 0 Å². The van der Waals surface area contributed by atoms with E-state index in [1.54, 1.807) is 6.92 Å². The molecular weight excluding hydrogens is 246 g/mol. The summed E-state index contributed by atoms with van der Waals surface area (Å²) < 4.78 is 52.5. The average Bonchev–Trinajstić information content (AvgIpc) is 2.17. The third-order valence-corrected chi connectivity index (χ3v) is 2.39. The fourth-order valence-electron chi connectivity index (χ4n) is 1.07. The van der Waals surface area contributed by atoms with Crippen LogP contribution in [0.15, 0.2) is 16.6 Å². The molecule has 1 rings (SSSR count). The first-order valence-electron chi connectivity index (χ1n) is 6.86. The Morgan fingerprint density at radius 3 is 2.57 bits per heavy atom. The molecule has 1 aromatic carbocycles. The van der Waals surface area contributed by atoms with Gasteiger partial charge in [0.05, 0.1) is 26.8 Å². The van der Waals surface area contributed by atoms with Crippen molar-refractivity contribution in [2.24, 2.45) is 5.73 Å². The van der Waals surface area contributed by atoms with E-state index in [4.69, 9.17) is 23.4 Å². The molecule has 1 unspecified atom stereocenters. The molecule has 1 atom stereocenters. The minimum atomic E-state index is -2.63. The second-order valence-corrected chi connectivity index (χ2v) is 3.67. The van der Waals surface area contributed by atoms with E-state index in [1.807, 2.05) is 0 Å². The molecule has 0 aliphatic carbocycles. The summed E-state index contributed by atoms with van der Waals surface area (Å²) in [7, 11) is -5.25. The number of nitrogens with two attached hydrogens (primary N) is 1. The Morgan fingerprint density at radius 2 is 2.00 bits per heavy atom. The zero-order valence-electron chi connectivity index (χ0n) is 13.5. The number of halogens is 1. The van der Waals surface area contributed by atoms with Gasteiger partial charge in [-0.3, -0.25) is 0 Å². The van der Waals surface area contributed by atoms with Crippen LogP contribution in [0.25, 0.3) is 0 Å². The summed E-state index contributed by atoms with van der Waals surface area (Å²) in [5, 5.41) is 0. The highest BCUT2D eigenvalue weighted by Crippen LogP contribution is 2.34. The lowest BCUT2D eigenvalue weighted by Crippen LogP contribution is -2.07. The molecule has 1 aromatic rings. The van der Waals surface area contributed by atoms with E-state index >= 15 is 0 Å². The van der Waals surface area contributed by atoms with Crippen LogP contribution in [0.4, 0.5) is 0 Å². The molecule has 0 aromatic heterocycles. The molecule has 0 fully saturated rings. The van der Waals surface area contributed by atoms with Crippen molar-refractivity contribution in [1.82, 2.24) is 0 Å². The van der Waals surface area contributed by atoms with Crippen LogP contribution in [0.2, 0.25) is 0 Å². The number of hydrogen-bond acceptors (Lipinski definition) is 3. The first kappa shape index (κ1) is 5.37. The fraction of sp³-hybridized carbons (Fsp3) is 0.400. The number of hydrogen-bond donors (Lipinski definition) is 1. The summed E-state index contributed by atoms with van der Waals surface area (Å²) in [6.07, 6.45) is 0. The van der Waals surface area contributed by atoms with E-state index in [-0.39, 0.29) is 16.0 Å². The Morgan fingerprint density at radius 1 is 1.36 bits per heavy atom. The van der Waals surface area contributed by atoms with E-state index in [0.29, 0.717) is 5.56 Å². The second kappa shape index (κ2) is 4.66. The van der Waals surface area contributed by atoms with E-state index in [9.17, 15) is 0 Å². The van der Waals surface area contributed by atoms with Gasteiger partial charge in [-0.05, 0) is 35.0 Å². The van der Waals surface area contributed by atoms with E-state index in [1.165, 1.54) is 12.1 Å². The molecule has 0 aliphatic heterocycles. The summed E-state index contributed by atoms with van der Waals surface area (Å²) >= 11 is 3.11. The Hall–Kier alpha value is -0.740. The third-order valence-electron chi connectivity index (χ3n) is 1.77. The Labute approximate surface area is 101 Å². The first-order chi connectivity index (χ1) is 8.89. The van der Waals surface area contributed by atoms with Crippen LogP contribution in [-0.4, -0.2) is 14.1 Å². The van der Waals surface area contributed by atoms with Crippen LogP contribution < -0.4 is 15.2 Å². The molecule has 0 heterocycles. The van der Waals surface area contributed by atoms with Crippen molar-refractivity contribution >= 4 is 15.9 Å². The normalized spacial score (nSPS) is 20.5. The van der Waals surface area contributed by atoms with Crippen molar-refractivity contribution in [3.05, 3.63) is 22.2 Å². The largest absolute Gasteiger partial charge is 0.496 e. The van der Waals surface area contributed by atoms with Crippen molar-refractivity contribution in [3.8, 4) is 11.5 Å². The number of rotatable bonds is 3. The Kier molecular flexibility index (Phi) is 1.79. The van der Waals surface area contributed by atoms with E-state index < -0.39 is 20.1 Å². The molecule has 2 N–H and O–H groups in total. The van der Waals surface area contributed by atoms with Gasteiger partial charge in [0, 0.05) is 11.6 Å². The van der Waals surface area contributed by atoms with Gasteiger partial charge in [0.25, 0.3) is 0 Å². The van der Waals surface area contributed by atoms with E-state index in [0.717, 1.165) is 0 Å². The maximum atomic E-state index is 7.11. The van der Waals surface area contributed by atoms with Crippen molar-refractivity contribution < 1.29 is 17.7 Å². The van der Waals surface area contributed by atoms with Gasteiger partial charge in [0.1, 0.15) is 11.5 Å². The highest BCUT2D eigenvalue weighted by Gasteiger charge is 2.12. The predicted molar refractivity (Wildman–Crippen MR) is 59.8 cm³/mol. The molecule has 0 radical (unpaired) electrons. The lowest BCUT2D eigenvalue weighted by molar-refractivity contribution is 0.394. The smallest absolute Gasteiger partial charge is 0.133 e. The third kappa shape index (κ3) is 2.19. The van der Waals surface area contributed by atoms with Gasteiger partial charge >= 0.3 is 0 Å². The highest BCUT2D eigenvalue weighted by atomic mass is 79.9. The Balaban J connectivity index is 3.25. The summed E-state index contributed by atoms with van der Waals surface area (Å²) in [4.78, 5) is 0. The van der Waals surface area contributed by atoms with Crippen LogP contribution in [0.1, 0.15) is 26.8 Å². The molecule has 14 heavy (non-hydrogen) atoms. The van der Waals surface area contributed by atoms with Gasteiger partial charge in [-0.25, -0.2) is 0 Å². The minimum absolute atomic E-state index is 0.0372. The predicted octanol–water partition coefficient (Wildman–Crippen LogP) is 2.49. The van der Waals surface area contributed by atoms with Gasteiger partial charge in [0.15, 0.2) is 0 Å². The maximum Gasteiger partial charge on any atom is 0.133 e. The van der Waals surface area contributed by atoms with Crippen molar-refractivity contribution in [3.63, 3.8) is 0 Å². The van der Waals surface area contributed by atoms with Crippen molar-refractivity contribution in [1.29, 1.82) is 0 Å². The summed E-state index contributed by atoms with van der Waals surface area (Å²) in [5.74, 6) is 0.0833. The second-order valence-electron chi connectivity index (χ2n) is 2.81. The van der Waals surface area contributed by atoms with Crippen molar-refractivity contribution in [2.75, 3.05) is 14.1 Å². The zero-order chi connectivity index (χ0) is 15.7. The van der Waals surface area contributed by atoms with Crippen molar-refractivity contribution in [2.45, 2.75) is 13.0 Å². The number of benzene rings is 1. The van der Waals surface area contributed by atoms with Crippen LogP contribution in [0.5, 0.6) is 11.5 Å². The Bertz CT molecular complexity index is 486. The molecule has 0 spiro atoms. The molecule has 0 amide bonds. The minimum Gasteiger partial charge on any atom is -0.496 e. The van der Waals surface area contributed by atoms with Crippen LogP contribution >= 0.6 is 15.9 Å². The molecular formula is C10H14BrNO2. The fourth-order valence-corrected chi connectivity index (χ4v) is 1.48. The molecule has 0 saturated heterocycles. The molecule has 0 aliphatic rings. The average molecular weight is 266 g/mol. The molecule has 78 valence electrons. The molecule has 0 saturated carbocycles. The highest BCUT2D eigenvalue weighted by molar-refractivity contribution is 9.10. The van der Waals surface area contributed by atoms with Crippen LogP contribution in [-0.2, 0) is 0 Å². The van der Waals surface area contributed by atoms with Gasteiger partial charge < -0.3 is 15.2 Å². The molecule has 0 bridgehead atoms. The topological polar surface area (TPSA) is 44.5 Å². The number of methoxy groups -OCH3 is 2. The van der Waals surface area contributed by atoms with Gasteiger partial charge in [-0.1, -0.05) is 0 Å². The van der Waals surface area contributed by atoms with Gasteiger partial charge in [-0.15, -0.1) is 0 Å². The van der Waals surface area contributed by atoms with Gasteiger partial charge in [0.2, 0.25) is 0 Å². The molecule has 4 heteroatoms. The SMILES string of the molecule is [2H]C([2H])([2H])Oc1cc(C(C)N)c(OC([2H])([2H])[2H])cc1Br. The summed E-state index contributed by atoms with van der Waals surface area (Å²) in [5.41, 5.74) is 6.08.